The molecule has 11 rings (SSSR count). The van der Waals surface area contributed by atoms with Crippen LogP contribution in [0.15, 0.2) is 179 Å². The molecule has 0 aliphatic rings. The van der Waals surface area contributed by atoms with E-state index in [1.165, 1.54) is 22.3 Å². The summed E-state index contributed by atoms with van der Waals surface area (Å²) in [5, 5.41) is 6.85. The monoisotopic (exact) mass is 862 g/mol. The summed E-state index contributed by atoms with van der Waals surface area (Å²) in [6.45, 7) is 17.8. The van der Waals surface area contributed by atoms with Gasteiger partial charge in [-0.2, -0.15) is 0 Å². The van der Waals surface area contributed by atoms with Gasteiger partial charge in [-0.3, -0.25) is 0 Å². The second-order valence-electron chi connectivity index (χ2n) is 19.3. The Morgan fingerprint density at radius 2 is 0.697 bits per heavy atom. The first kappa shape index (κ1) is 39.1. The van der Waals surface area contributed by atoms with E-state index in [4.69, 9.17) is 8.83 Å². The van der Waals surface area contributed by atoms with Gasteiger partial charge < -0.3 is 18.6 Å². The molecule has 9 aromatic carbocycles. The average molecular weight is 863 g/mol. The first-order valence-electron chi connectivity index (χ1n) is 24.5. The molecule has 0 bridgehead atoms. The molecular formula is C62H56N2O2. The molecule has 0 amide bonds. The lowest BCUT2D eigenvalue weighted by molar-refractivity contribution is 0.634. The third-order valence-electron chi connectivity index (χ3n) is 13.5. The van der Waals surface area contributed by atoms with Crippen molar-refractivity contribution in [1.82, 2.24) is 0 Å². The zero-order chi connectivity index (χ0) is 47.1. The predicted octanol–water partition coefficient (Wildman–Crippen LogP) is 19.2. The molecule has 0 atom stereocenters. The molecule has 0 saturated heterocycles. The number of benzene rings is 9. The minimum atomic E-state index is 0.129. The number of rotatable bonds is 10. The van der Waals surface area contributed by atoms with E-state index in [9.17, 15) is 2.74 Å². The highest BCUT2D eigenvalue weighted by Gasteiger charge is 2.21. The first-order valence-corrected chi connectivity index (χ1v) is 23.5. The summed E-state index contributed by atoms with van der Waals surface area (Å²) in [7, 11) is 0. The largest absolute Gasteiger partial charge is 0.452 e. The van der Waals surface area contributed by atoms with Crippen molar-refractivity contribution in [2.45, 2.75) is 79.1 Å². The van der Waals surface area contributed by atoms with Crippen molar-refractivity contribution in [2.24, 2.45) is 0 Å². The molecule has 2 aromatic heterocycles. The van der Waals surface area contributed by atoms with Crippen LogP contribution in [0.4, 0.5) is 34.1 Å². The second-order valence-corrected chi connectivity index (χ2v) is 19.3. The van der Waals surface area contributed by atoms with E-state index >= 15 is 0 Å². The average Bonchev–Trinajstić information content (AvgIpc) is 3.90. The molecule has 0 unspecified atom stereocenters. The van der Waals surface area contributed by atoms with Crippen molar-refractivity contribution >= 4 is 99.5 Å². The molecule has 0 spiro atoms. The SMILES string of the molecule is [2H]c1c([2H])c2c3cc4ccc(N(c5ccc(C(C)C)cc5)c5cccc(C(C)C)c5)cc4cc3oc2c2oc3cc4cc(N(c5ccc(C(C)C)cc5)c5cccc(C(C)C)c5)ccc4cc3c12. The van der Waals surface area contributed by atoms with Gasteiger partial charge in [-0.15, -0.1) is 0 Å². The summed E-state index contributed by atoms with van der Waals surface area (Å²) >= 11 is 0. The van der Waals surface area contributed by atoms with Gasteiger partial charge in [-0.25, -0.2) is 0 Å². The van der Waals surface area contributed by atoms with Gasteiger partial charge in [0.25, 0.3) is 0 Å². The van der Waals surface area contributed by atoms with Crippen LogP contribution in [0.3, 0.4) is 0 Å². The van der Waals surface area contributed by atoms with E-state index in [1.54, 1.807) is 0 Å². The molecule has 4 nitrogen and oxygen atoms in total. The Morgan fingerprint density at radius 1 is 0.333 bits per heavy atom. The third-order valence-corrected chi connectivity index (χ3v) is 13.5. The molecular weight excluding hydrogens is 805 g/mol. The quantitative estimate of drug-likeness (QED) is 0.137. The smallest absolute Gasteiger partial charge is 0.178 e. The summed E-state index contributed by atoms with van der Waals surface area (Å²) in [6.07, 6.45) is 0. The van der Waals surface area contributed by atoms with E-state index < -0.39 is 0 Å². The fourth-order valence-corrected chi connectivity index (χ4v) is 9.58. The summed E-state index contributed by atoms with van der Waals surface area (Å²) in [4.78, 5) is 4.65. The van der Waals surface area contributed by atoms with Gasteiger partial charge >= 0.3 is 0 Å². The van der Waals surface area contributed by atoms with Crippen molar-refractivity contribution in [1.29, 1.82) is 0 Å². The normalized spacial score (nSPS) is 12.6. The molecule has 11 aromatic rings. The van der Waals surface area contributed by atoms with Crippen molar-refractivity contribution in [3.8, 4) is 0 Å². The Balaban J connectivity index is 1.04. The van der Waals surface area contributed by atoms with Gasteiger partial charge in [0.1, 0.15) is 11.2 Å². The number of nitrogens with zero attached hydrogens (tertiary/aromatic N) is 2. The minimum absolute atomic E-state index is 0.129. The lowest BCUT2D eigenvalue weighted by Crippen LogP contribution is -2.10. The molecule has 2 heterocycles. The summed E-state index contributed by atoms with van der Waals surface area (Å²) in [5.41, 5.74) is 13.9. The van der Waals surface area contributed by atoms with Crippen molar-refractivity contribution < 1.29 is 11.6 Å². The molecule has 0 aliphatic carbocycles. The van der Waals surface area contributed by atoms with Gasteiger partial charge in [-0.1, -0.05) is 116 Å². The molecule has 66 heavy (non-hydrogen) atoms. The minimum Gasteiger partial charge on any atom is -0.452 e. The molecule has 0 aliphatic heterocycles. The Labute approximate surface area is 390 Å². The highest BCUT2D eigenvalue weighted by Crippen LogP contribution is 2.44. The van der Waals surface area contributed by atoms with E-state index in [2.05, 4.69) is 223 Å². The Bertz CT molecular complexity index is 3480. The Hall–Kier alpha value is -7.30. The highest BCUT2D eigenvalue weighted by atomic mass is 16.4. The van der Waals surface area contributed by atoms with Crippen LogP contribution in [0.5, 0.6) is 0 Å². The Morgan fingerprint density at radius 3 is 1.08 bits per heavy atom. The van der Waals surface area contributed by atoms with E-state index in [0.717, 1.165) is 66.4 Å². The Kier molecular flexibility index (Phi) is 9.65. The van der Waals surface area contributed by atoms with Gasteiger partial charge in [0.05, 0.1) is 2.74 Å². The van der Waals surface area contributed by atoms with Crippen LogP contribution in [-0.4, -0.2) is 0 Å². The van der Waals surface area contributed by atoms with Gasteiger partial charge in [0, 0.05) is 55.7 Å². The number of hydrogen-bond donors (Lipinski definition) is 0. The van der Waals surface area contributed by atoms with Crippen LogP contribution >= 0.6 is 0 Å². The van der Waals surface area contributed by atoms with Gasteiger partial charge in [0.2, 0.25) is 0 Å². The van der Waals surface area contributed by atoms with E-state index in [1.807, 2.05) is 0 Å². The van der Waals surface area contributed by atoms with Crippen molar-refractivity contribution in [2.75, 3.05) is 9.80 Å². The van der Waals surface area contributed by atoms with Gasteiger partial charge in [0.15, 0.2) is 11.2 Å². The molecule has 4 heteroatoms. The standard InChI is InChI=1S/C62H56N2O2/c1-37(2)41-15-21-49(22-16-41)63(51-13-9-11-43(29-51)39(5)6)53-25-19-45-33-57-55-27-28-56-58-34-46-20-26-54(32-48(46)36-60(58)66-62(56)61(55)65-59(57)35-47(45)31-53)64(50-23-17-42(18-24-50)38(3)4)52-14-10-12-44(30-52)40(7)8/h9-40H,1-8H3/i27D,28D. The van der Waals surface area contributed by atoms with Crippen LogP contribution in [0.25, 0.3) is 65.4 Å². The number of furan rings is 2. The maximum absolute atomic E-state index is 9.44. The van der Waals surface area contributed by atoms with Gasteiger partial charge in [-0.05, 0) is 177 Å². The van der Waals surface area contributed by atoms with Crippen LogP contribution in [-0.2, 0) is 0 Å². The number of hydrogen-bond acceptors (Lipinski definition) is 4. The fraction of sp³-hybridized carbons (Fsp3) is 0.194. The predicted molar refractivity (Wildman–Crippen MR) is 282 cm³/mol. The molecule has 326 valence electrons. The van der Waals surface area contributed by atoms with E-state index in [-0.39, 0.29) is 12.1 Å². The maximum Gasteiger partial charge on any atom is 0.178 e. The van der Waals surface area contributed by atoms with Crippen LogP contribution in [0, 0.1) is 0 Å². The number of fused-ring (bicyclic) bond motifs is 9. The van der Waals surface area contributed by atoms with Crippen LogP contribution in [0.2, 0.25) is 0 Å². The lowest BCUT2D eigenvalue weighted by Gasteiger charge is -2.27. The topological polar surface area (TPSA) is 32.8 Å². The molecule has 0 N–H and O–H groups in total. The van der Waals surface area contributed by atoms with Crippen LogP contribution in [0.1, 0.15) is 104 Å². The molecule has 0 fully saturated rings. The third kappa shape index (κ3) is 7.26. The van der Waals surface area contributed by atoms with Crippen molar-refractivity contribution in [3.63, 3.8) is 0 Å². The van der Waals surface area contributed by atoms with E-state index in [0.29, 0.717) is 56.8 Å². The fourth-order valence-electron chi connectivity index (χ4n) is 9.58. The zero-order valence-corrected chi connectivity index (χ0v) is 39.0. The lowest BCUT2D eigenvalue weighted by atomic mass is 10.00. The molecule has 0 saturated carbocycles. The van der Waals surface area contributed by atoms with Crippen molar-refractivity contribution in [3.05, 3.63) is 192 Å². The second kappa shape index (κ2) is 16.3. The maximum atomic E-state index is 9.44. The summed E-state index contributed by atoms with van der Waals surface area (Å²) in [6, 6.07) is 57.1. The first-order chi connectivity index (χ1) is 32.8. The zero-order valence-electron chi connectivity index (χ0n) is 41.0. The van der Waals surface area contributed by atoms with Crippen LogP contribution < -0.4 is 9.80 Å². The molecule has 0 radical (unpaired) electrons. The number of anilines is 6. The summed E-state index contributed by atoms with van der Waals surface area (Å²) in [5.74, 6) is 1.65. The summed E-state index contributed by atoms with van der Waals surface area (Å²) < 4.78 is 32.4. The highest BCUT2D eigenvalue weighted by molar-refractivity contribution is 6.21.